The summed E-state index contributed by atoms with van der Waals surface area (Å²) in [4.78, 5) is 25.3. The predicted octanol–water partition coefficient (Wildman–Crippen LogP) is 1.40. The highest BCUT2D eigenvalue weighted by Crippen LogP contribution is 2.18. The number of amides is 1. The fraction of sp³-hybridized carbons (Fsp3) is 0.429. The SMILES string of the molecule is COC(=O)C1CCCN1CC(=O)Nc1ccc(F)cc1. The molecule has 0 radical (unpaired) electrons. The van der Waals surface area contributed by atoms with Crippen LogP contribution in [0.25, 0.3) is 0 Å². The Bertz CT molecular complexity index is 490. The number of hydrogen-bond acceptors (Lipinski definition) is 4. The van der Waals surface area contributed by atoms with Crippen LogP contribution in [0.4, 0.5) is 10.1 Å². The van der Waals surface area contributed by atoms with Crippen molar-refractivity contribution in [2.24, 2.45) is 0 Å². The van der Waals surface area contributed by atoms with Gasteiger partial charge in [-0.25, -0.2) is 4.39 Å². The first-order valence-electron chi connectivity index (χ1n) is 6.47. The van der Waals surface area contributed by atoms with Crippen molar-refractivity contribution in [3.8, 4) is 0 Å². The van der Waals surface area contributed by atoms with E-state index in [1.54, 1.807) is 4.90 Å². The maximum absolute atomic E-state index is 12.8. The van der Waals surface area contributed by atoms with Gasteiger partial charge >= 0.3 is 5.97 Å². The van der Waals surface area contributed by atoms with Crippen molar-refractivity contribution in [3.63, 3.8) is 0 Å². The molecule has 0 spiro atoms. The zero-order valence-electron chi connectivity index (χ0n) is 11.3. The van der Waals surface area contributed by atoms with Crippen LogP contribution in [-0.2, 0) is 14.3 Å². The molecule has 1 saturated heterocycles. The van der Waals surface area contributed by atoms with Crippen molar-refractivity contribution >= 4 is 17.6 Å². The highest BCUT2D eigenvalue weighted by molar-refractivity contribution is 5.92. The summed E-state index contributed by atoms with van der Waals surface area (Å²) in [6, 6.07) is 5.20. The van der Waals surface area contributed by atoms with Gasteiger partial charge in [0.25, 0.3) is 0 Å². The molecular weight excluding hydrogens is 263 g/mol. The van der Waals surface area contributed by atoms with Gasteiger partial charge in [0.05, 0.1) is 13.7 Å². The van der Waals surface area contributed by atoms with Crippen molar-refractivity contribution in [2.45, 2.75) is 18.9 Å². The molecule has 108 valence electrons. The lowest BCUT2D eigenvalue weighted by Crippen LogP contribution is -2.41. The van der Waals surface area contributed by atoms with E-state index in [2.05, 4.69) is 5.32 Å². The second-order valence-corrected chi connectivity index (χ2v) is 4.71. The van der Waals surface area contributed by atoms with Crippen LogP contribution in [-0.4, -0.2) is 43.0 Å². The Labute approximate surface area is 116 Å². The Morgan fingerprint density at radius 3 is 2.75 bits per heavy atom. The first-order valence-corrected chi connectivity index (χ1v) is 6.47. The smallest absolute Gasteiger partial charge is 0.323 e. The largest absolute Gasteiger partial charge is 0.468 e. The second-order valence-electron chi connectivity index (χ2n) is 4.71. The Hall–Kier alpha value is -1.95. The lowest BCUT2D eigenvalue weighted by atomic mass is 10.2. The molecule has 1 heterocycles. The molecule has 1 aromatic rings. The van der Waals surface area contributed by atoms with E-state index in [4.69, 9.17) is 4.74 Å². The van der Waals surface area contributed by atoms with Gasteiger partial charge in [0.1, 0.15) is 11.9 Å². The van der Waals surface area contributed by atoms with E-state index < -0.39 is 0 Å². The van der Waals surface area contributed by atoms with Crippen molar-refractivity contribution in [1.82, 2.24) is 4.90 Å². The summed E-state index contributed by atoms with van der Waals surface area (Å²) < 4.78 is 17.5. The molecule has 1 aliphatic rings. The normalized spacial score (nSPS) is 18.8. The molecule has 20 heavy (non-hydrogen) atoms. The van der Waals surface area contributed by atoms with E-state index in [0.717, 1.165) is 6.42 Å². The number of benzene rings is 1. The lowest BCUT2D eigenvalue weighted by molar-refractivity contribution is -0.146. The minimum atomic E-state index is -0.353. The number of ether oxygens (including phenoxy) is 1. The maximum Gasteiger partial charge on any atom is 0.323 e. The number of hydrogen-bond donors (Lipinski definition) is 1. The molecule has 6 heteroatoms. The minimum Gasteiger partial charge on any atom is -0.468 e. The van der Waals surface area contributed by atoms with Gasteiger partial charge in [0.15, 0.2) is 0 Å². The van der Waals surface area contributed by atoms with Gasteiger partial charge in [-0.1, -0.05) is 0 Å². The summed E-state index contributed by atoms with van der Waals surface area (Å²) in [5.41, 5.74) is 0.533. The summed E-state index contributed by atoms with van der Waals surface area (Å²) in [7, 11) is 1.34. The van der Waals surface area contributed by atoms with Gasteiger partial charge in [-0.05, 0) is 43.7 Å². The first-order chi connectivity index (χ1) is 9.60. The Kier molecular flexibility index (Phi) is 4.68. The third-order valence-corrected chi connectivity index (χ3v) is 3.31. The average molecular weight is 280 g/mol. The highest BCUT2D eigenvalue weighted by Gasteiger charge is 2.32. The van der Waals surface area contributed by atoms with Gasteiger partial charge in [-0.2, -0.15) is 0 Å². The molecule has 2 rings (SSSR count). The molecule has 1 atom stereocenters. The molecular formula is C14H17FN2O3. The molecule has 1 amide bonds. The highest BCUT2D eigenvalue weighted by atomic mass is 19.1. The van der Waals surface area contributed by atoms with Crippen LogP contribution in [0.2, 0.25) is 0 Å². The van der Waals surface area contributed by atoms with Crippen molar-refractivity contribution in [3.05, 3.63) is 30.1 Å². The predicted molar refractivity (Wildman–Crippen MR) is 71.6 cm³/mol. The van der Waals surface area contributed by atoms with E-state index >= 15 is 0 Å². The number of anilines is 1. The van der Waals surface area contributed by atoms with Gasteiger partial charge < -0.3 is 10.1 Å². The Morgan fingerprint density at radius 1 is 1.40 bits per heavy atom. The fourth-order valence-electron chi connectivity index (χ4n) is 2.34. The third-order valence-electron chi connectivity index (χ3n) is 3.31. The van der Waals surface area contributed by atoms with Gasteiger partial charge in [-0.3, -0.25) is 14.5 Å². The lowest BCUT2D eigenvalue weighted by Gasteiger charge is -2.21. The summed E-state index contributed by atoms with van der Waals surface area (Å²) in [6.07, 6.45) is 1.57. The van der Waals surface area contributed by atoms with E-state index in [9.17, 15) is 14.0 Å². The monoisotopic (exact) mass is 280 g/mol. The topological polar surface area (TPSA) is 58.6 Å². The molecule has 5 nitrogen and oxygen atoms in total. The molecule has 1 aromatic carbocycles. The van der Waals surface area contributed by atoms with E-state index in [-0.39, 0.29) is 30.3 Å². The molecule has 0 aromatic heterocycles. The number of likely N-dealkylation sites (tertiary alicyclic amines) is 1. The number of nitrogens with one attached hydrogen (secondary N) is 1. The summed E-state index contributed by atoms with van der Waals surface area (Å²) >= 11 is 0. The van der Waals surface area contributed by atoms with Crippen LogP contribution in [0.15, 0.2) is 24.3 Å². The minimum absolute atomic E-state index is 0.122. The first kappa shape index (κ1) is 14.5. The summed E-state index contributed by atoms with van der Waals surface area (Å²) in [5.74, 6) is -0.891. The number of rotatable bonds is 4. The second kappa shape index (κ2) is 6.47. The Morgan fingerprint density at radius 2 is 2.10 bits per heavy atom. The van der Waals surface area contributed by atoms with Crippen molar-refractivity contribution in [1.29, 1.82) is 0 Å². The molecule has 0 aliphatic carbocycles. The van der Waals surface area contributed by atoms with Crippen LogP contribution in [0.5, 0.6) is 0 Å². The molecule has 0 bridgehead atoms. The number of carbonyl (C=O) groups excluding carboxylic acids is 2. The van der Waals surface area contributed by atoms with Crippen LogP contribution in [0, 0.1) is 5.82 Å². The fourth-order valence-corrected chi connectivity index (χ4v) is 2.34. The van der Waals surface area contributed by atoms with Crippen LogP contribution in [0.3, 0.4) is 0 Å². The molecule has 0 saturated carbocycles. The molecule has 1 N–H and O–H groups in total. The van der Waals surface area contributed by atoms with Crippen molar-refractivity contribution in [2.75, 3.05) is 25.5 Å². The van der Waals surface area contributed by atoms with Crippen LogP contribution in [0.1, 0.15) is 12.8 Å². The summed E-state index contributed by atoms with van der Waals surface area (Å²) in [6.45, 7) is 0.813. The van der Waals surface area contributed by atoms with E-state index in [1.807, 2.05) is 0 Å². The summed E-state index contributed by atoms with van der Waals surface area (Å²) in [5, 5.41) is 2.67. The van der Waals surface area contributed by atoms with Gasteiger partial charge in [-0.15, -0.1) is 0 Å². The van der Waals surface area contributed by atoms with Gasteiger partial charge in [0.2, 0.25) is 5.91 Å². The quantitative estimate of drug-likeness (QED) is 0.847. The van der Waals surface area contributed by atoms with E-state index in [1.165, 1.54) is 31.4 Å². The zero-order chi connectivity index (χ0) is 14.5. The number of nitrogens with zero attached hydrogens (tertiary/aromatic N) is 1. The maximum atomic E-state index is 12.8. The number of halogens is 1. The molecule has 1 unspecified atom stereocenters. The average Bonchev–Trinajstić information content (AvgIpc) is 2.88. The number of methoxy groups -OCH3 is 1. The third kappa shape index (κ3) is 3.54. The molecule has 1 fully saturated rings. The number of carbonyl (C=O) groups is 2. The zero-order valence-corrected chi connectivity index (χ0v) is 11.3. The Balaban J connectivity index is 1.90. The van der Waals surface area contributed by atoms with E-state index in [0.29, 0.717) is 18.7 Å². The standard InChI is InChI=1S/C14H17FN2O3/c1-20-14(19)12-3-2-8-17(12)9-13(18)16-11-6-4-10(15)5-7-11/h4-7,12H,2-3,8-9H2,1H3,(H,16,18). The molecule has 1 aliphatic heterocycles. The van der Waals surface area contributed by atoms with Gasteiger partial charge in [0, 0.05) is 5.69 Å². The van der Waals surface area contributed by atoms with Crippen molar-refractivity contribution < 1.29 is 18.7 Å². The number of esters is 1. The van der Waals surface area contributed by atoms with Crippen LogP contribution >= 0.6 is 0 Å². The van der Waals surface area contributed by atoms with Crippen LogP contribution < -0.4 is 5.32 Å².